The topological polar surface area (TPSA) is 84.9 Å². The zero-order valence-corrected chi connectivity index (χ0v) is 14.9. The summed E-state index contributed by atoms with van der Waals surface area (Å²) >= 11 is 1.21. The SMILES string of the molecule is CCOC(=O)/C=C1\SCC(=O)N1CC(=O)Nc1ccc(OCC)cc1. The number of rotatable bonds is 7. The molecule has 134 valence electrons. The van der Waals surface area contributed by atoms with Gasteiger partial charge in [0.05, 0.1) is 30.1 Å². The van der Waals surface area contributed by atoms with Crippen molar-refractivity contribution in [3.05, 3.63) is 35.4 Å². The van der Waals surface area contributed by atoms with E-state index in [1.165, 1.54) is 22.7 Å². The van der Waals surface area contributed by atoms with Crippen LogP contribution in [0, 0.1) is 0 Å². The van der Waals surface area contributed by atoms with E-state index in [0.717, 1.165) is 0 Å². The minimum absolute atomic E-state index is 0.162. The van der Waals surface area contributed by atoms with Crippen molar-refractivity contribution in [2.75, 3.05) is 30.8 Å². The number of anilines is 1. The summed E-state index contributed by atoms with van der Waals surface area (Å²) in [6, 6.07) is 6.95. The molecule has 0 aliphatic carbocycles. The van der Waals surface area contributed by atoms with Gasteiger partial charge in [-0.1, -0.05) is 11.8 Å². The van der Waals surface area contributed by atoms with E-state index < -0.39 is 5.97 Å². The van der Waals surface area contributed by atoms with Gasteiger partial charge >= 0.3 is 5.97 Å². The van der Waals surface area contributed by atoms with Gasteiger partial charge < -0.3 is 14.8 Å². The minimum Gasteiger partial charge on any atom is -0.494 e. The molecule has 2 rings (SSSR count). The van der Waals surface area contributed by atoms with Gasteiger partial charge in [-0.05, 0) is 38.1 Å². The molecule has 8 heteroatoms. The molecule has 1 heterocycles. The Morgan fingerprint density at radius 1 is 1.24 bits per heavy atom. The van der Waals surface area contributed by atoms with Gasteiger partial charge in [0.15, 0.2) is 0 Å². The Morgan fingerprint density at radius 2 is 1.96 bits per heavy atom. The summed E-state index contributed by atoms with van der Waals surface area (Å²) in [5.41, 5.74) is 0.601. The van der Waals surface area contributed by atoms with E-state index in [1.807, 2.05) is 6.92 Å². The highest BCUT2D eigenvalue weighted by atomic mass is 32.2. The zero-order chi connectivity index (χ0) is 18.2. The van der Waals surface area contributed by atoms with Crippen molar-refractivity contribution in [3.8, 4) is 5.75 Å². The summed E-state index contributed by atoms with van der Waals surface area (Å²) in [6.07, 6.45) is 1.24. The number of amides is 2. The third-order valence-corrected chi connectivity index (χ3v) is 4.21. The summed E-state index contributed by atoms with van der Waals surface area (Å²) in [4.78, 5) is 37.0. The Balaban J connectivity index is 1.97. The van der Waals surface area contributed by atoms with Crippen molar-refractivity contribution in [1.82, 2.24) is 4.90 Å². The first-order chi connectivity index (χ1) is 12.0. The average molecular weight is 364 g/mol. The first-order valence-electron chi connectivity index (χ1n) is 7.87. The van der Waals surface area contributed by atoms with E-state index in [1.54, 1.807) is 31.2 Å². The molecule has 1 saturated heterocycles. The van der Waals surface area contributed by atoms with Crippen LogP contribution in [-0.2, 0) is 19.1 Å². The summed E-state index contributed by atoms with van der Waals surface area (Å²) in [5, 5.41) is 3.14. The van der Waals surface area contributed by atoms with Gasteiger partial charge in [0, 0.05) is 5.69 Å². The number of carbonyl (C=O) groups excluding carboxylic acids is 3. The maximum Gasteiger partial charge on any atom is 0.333 e. The maximum atomic E-state index is 12.2. The molecule has 0 radical (unpaired) electrons. The molecule has 2 amide bonds. The van der Waals surface area contributed by atoms with Gasteiger partial charge in [-0.25, -0.2) is 4.79 Å². The number of esters is 1. The molecule has 0 saturated carbocycles. The zero-order valence-electron chi connectivity index (χ0n) is 14.1. The van der Waals surface area contributed by atoms with Gasteiger partial charge in [-0.15, -0.1) is 0 Å². The van der Waals surface area contributed by atoms with Crippen molar-refractivity contribution in [2.45, 2.75) is 13.8 Å². The first-order valence-corrected chi connectivity index (χ1v) is 8.86. The Hall–Kier alpha value is -2.48. The molecule has 1 aromatic carbocycles. The number of thioether (sulfide) groups is 1. The highest BCUT2D eigenvalue weighted by Crippen LogP contribution is 2.28. The fraction of sp³-hybridized carbons (Fsp3) is 0.353. The Morgan fingerprint density at radius 3 is 2.60 bits per heavy atom. The molecule has 7 nitrogen and oxygen atoms in total. The van der Waals surface area contributed by atoms with Crippen molar-refractivity contribution < 1.29 is 23.9 Å². The quantitative estimate of drug-likeness (QED) is 0.588. The van der Waals surface area contributed by atoms with Crippen molar-refractivity contribution in [1.29, 1.82) is 0 Å². The normalized spacial score (nSPS) is 15.4. The fourth-order valence-corrected chi connectivity index (χ4v) is 3.06. The third-order valence-electron chi connectivity index (χ3n) is 3.19. The van der Waals surface area contributed by atoms with Gasteiger partial charge in [0.25, 0.3) is 0 Å². The number of nitrogens with zero attached hydrogens (tertiary/aromatic N) is 1. The van der Waals surface area contributed by atoms with Crippen molar-refractivity contribution in [3.63, 3.8) is 0 Å². The molecule has 1 N–H and O–H groups in total. The van der Waals surface area contributed by atoms with Crippen LogP contribution in [0.15, 0.2) is 35.4 Å². The lowest BCUT2D eigenvalue weighted by Crippen LogP contribution is -2.34. The molecular formula is C17H20N2O5S. The maximum absolute atomic E-state index is 12.2. The molecular weight excluding hydrogens is 344 g/mol. The van der Waals surface area contributed by atoms with E-state index in [4.69, 9.17) is 9.47 Å². The van der Waals surface area contributed by atoms with Gasteiger partial charge in [0.2, 0.25) is 11.8 Å². The van der Waals surface area contributed by atoms with E-state index in [2.05, 4.69) is 5.32 Å². The number of carbonyl (C=O) groups is 3. The number of benzene rings is 1. The molecule has 1 aromatic rings. The van der Waals surface area contributed by atoms with Gasteiger partial charge in [-0.3, -0.25) is 14.5 Å². The van der Waals surface area contributed by atoms with Crippen LogP contribution in [0.1, 0.15) is 13.8 Å². The smallest absolute Gasteiger partial charge is 0.333 e. The predicted octanol–water partition coefficient (Wildman–Crippen LogP) is 2.00. The molecule has 25 heavy (non-hydrogen) atoms. The Kier molecular flexibility index (Phi) is 6.88. The highest BCUT2D eigenvalue weighted by molar-refractivity contribution is 8.04. The largest absolute Gasteiger partial charge is 0.494 e. The summed E-state index contributed by atoms with van der Waals surface area (Å²) in [6.45, 7) is 4.24. The highest BCUT2D eigenvalue weighted by Gasteiger charge is 2.29. The molecule has 1 aliphatic rings. The number of hydrogen-bond acceptors (Lipinski definition) is 6. The van der Waals surface area contributed by atoms with Crippen LogP contribution in [0.4, 0.5) is 5.69 Å². The second-order valence-electron chi connectivity index (χ2n) is 5.01. The number of nitrogens with one attached hydrogen (secondary N) is 1. The van der Waals surface area contributed by atoms with Crippen LogP contribution >= 0.6 is 11.8 Å². The van der Waals surface area contributed by atoms with E-state index in [0.29, 0.717) is 23.1 Å². The van der Waals surface area contributed by atoms with Crippen LogP contribution in [0.5, 0.6) is 5.75 Å². The van der Waals surface area contributed by atoms with Crippen molar-refractivity contribution >= 4 is 35.2 Å². The fourth-order valence-electron chi connectivity index (χ4n) is 2.13. The lowest BCUT2D eigenvalue weighted by atomic mass is 10.3. The second-order valence-corrected chi connectivity index (χ2v) is 6.00. The van der Waals surface area contributed by atoms with Gasteiger partial charge in [-0.2, -0.15) is 0 Å². The van der Waals surface area contributed by atoms with Crippen LogP contribution in [0.3, 0.4) is 0 Å². The molecule has 0 unspecified atom stereocenters. The van der Waals surface area contributed by atoms with Crippen LogP contribution in [0.2, 0.25) is 0 Å². The molecule has 0 aromatic heterocycles. The van der Waals surface area contributed by atoms with E-state index in [9.17, 15) is 14.4 Å². The molecule has 1 fully saturated rings. The Labute approximate surface area is 150 Å². The molecule has 0 atom stereocenters. The standard InChI is InChI=1S/C17H20N2O5S/c1-3-23-13-7-5-12(6-8-13)18-14(20)10-19-15(21)11-25-16(19)9-17(22)24-4-2/h5-9H,3-4,10-11H2,1-2H3,(H,18,20)/b16-9-. The monoisotopic (exact) mass is 364 g/mol. The third kappa shape index (κ3) is 5.53. The van der Waals surface area contributed by atoms with Crippen LogP contribution in [-0.4, -0.2) is 48.2 Å². The van der Waals surface area contributed by atoms with E-state index in [-0.39, 0.29) is 30.7 Å². The molecule has 1 aliphatic heterocycles. The summed E-state index contributed by atoms with van der Waals surface area (Å²) in [5.74, 6) is -0.193. The predicted molar refractivity (Wildman–Crippen MR) is 95.1 cm³/mol. The Bertz CT molecular complexity index is 672. The molecule has 0 spiro atoms. The first kappa shape index (κ1) is 18.9. The lowest BCUT2D eigenvalue weighted by Gasteiger charge is -2.16. The van der Waals surface area contributed by atoms with Crippen LogP contribution < -0.4 is 10.1 Å². The van der Waals surface area contributed by atoms with Crippen molar-refractivity contribution in [2.24, 2.45) is 0 Å². The molecule has 0 bridgehead atoms. The van der Waals surface area contributed by atoms with E-state index >= 15 is 0 Å². The number of ether oxygens (including phenoxy) is 2. The average Bonchev–Trinajstić information content (AvgIpc) is 2.90. The van der Waals surface area contributed by atoms with Crippen LogP contribution in [0.25, 0.3) is 0 Å². The lowest BCUT2D eigenvalue weighted by molar-refractivity contribution is -0.137. The van der Waals surface area contributed by atoms with Gasteiger partial charge in [0.1, 0.15) is 12.3 Å². The summed E-state index contributed by atoms with van der Waals surface area (Å²) < 4.78 is 10.2. The summed E-state index contributed by atoms with van der Waals surface area (Å²) in [7, 11) is 0. The second kappa shape index (κ2) is 9.12. The minimum atomic E-state index is -0.531. The number of hydrogen-bond donors (Lipinski definition) is 1.